The minimum absolute atomic E-state index is 0.548. The highest BCUT2D eigenvalue weighted by Gasteiger charge is 2.23. The summed E-state index contributed by atoms with van der Waals surface area (Å²) in [4.78, 5) is 24.7. The summed E-state index contributed by atoms with van der Waals surface area (Å²) < 4.78 is 17.7. The van der Waals surface area contributed by atoms with E-state index >= 15 is 0 Å². The Labute approximate surface area is 561 Å². The van der Waals surface area contributed by atoms with E-state index in [1.54, 1.807) is 18.2 Å². The lowest BCUT2D eigenvalue weighted by Crippen LogP contribution is -2.00. The number of hydrogen-bond donors (Lipinski definition) is 0. The quantitative estimate of drug-likeness (QED) is 0.138. The minimum atomic E-state index is 0.548. The normalized spacial score (nSPS) is 11.4. The zero-order chi connectivity index (χ0) is 65.2. The average molecular weight is 1250 g/mol. The monoisotopic (exact) mass is 1250 g/mol. The number of nitrogens with zero attached hydrogens (tertiary/aromatic N) is 9. The number of aromatic nitrogens is 7. The summed E-state index contributed by atoms with van der Waals surface area (Å²) in [6.45, 7) is 0. The Hall–Kier alpha value is -13.9. The molecule has 0 amide bonds. The van der Waals surface area contributed by atoms with Gasteiger partial charge in [0, 0.05) is 87.8 Å². The highest BCUT2D eigenvalue weighted by atomic mass is 16.3. The van der Waals surface area contributed by atoms with E-state index in [1.165, 1.54) is 16.5 Å². The van der Waals surface area contributed by atoms with Crippen molar-refractivity contribution in [2.24, 2.45) is 0 Å². The topological polar surface area (TPSA) is 148 Å². The molecule has 0 atom stereocenters. The Bertz CT molecular complexity index is 6420. The van der Waals surface area contributed by atoms with Gasteiger partial charge in [-0.15, -0.1) is 0 Å². The van der Waals surface area contributed by atoms with E-state index < -0.39 is 0 Å². The highest BCUT2D eigenvalue weighted by molar-refractivity contribution is 6.23. The average Bonchev–Trinajstić information content (AvgIpc) is 1.63. The van der Waals surface area contributed by atoms with Gasteiger partial charge in [0.2, 0.25) is 0 Å². The van der Waals surface area contributed by atoms with Crippen LogP contribution in [-0.4, -0.2) is 34.1 Å². The Kier molecular flexibility index (Phi) is 13.7. The maximum absolute atomic E-state index is 9.58. The summed E-state index contributed by atoms with van der Waals surface area (Å²) in [6.07, 6.45) is 0. The molecule has 0 aliphatic heterocycles. The van der Waals surface area contributed by atoms with E-state index in [0.717, 1.165) is 138 Å². The predicted molar refractivity (Wildman–Crippen MR) is 393 cm³/mol. The van der Waals surface area contributed by atoms with Crippen LogP contribution in [0.3, 0.4) is 0 Å². The van der Waals surface area contributed by atoms with E-state index in [9.17, 15) is 10.5 Å². The van der Waals surface area contributed by atoms with Gasteiger partial charge >= 0.3 is 0 Å². The van der Waals surface area contributed by atoms with Crippen molar-refractivity contribution in [3.63, 3.8) is 0 Å². The number of furan rings is 2. The molecular formula is C87H51N9O2. The van der Waals surface area contributed by atoms with Crippen LogP contribution in [0, 0.1) is 22.7 Å². The van der Waals surface area contributed by atoms with Gasteiger partial charge in [0.1, 0.15) is 11.2 Å². The lowest BCUT2D eigenvalue weighted by atomic mass is 10.0. The van der Waals surface area contributed by atoms with Crippen LogP contribution in [0.2, 0.25) is 0 Å². The number of benzene rings is 13. The van der Waals surface area contributed by atoms with Crippen molar-refractivity contribution in [1.29, 1.82) is 10.5 Å². The van der Waals surface area contributed by atoms with Gasteiger partial charge < -0.3 is 18.0 Å². The van der Waals surface area contributed by atoms with Gasteiger partial charge in [-0.05, 0) is 145 Å². The summed E-state index contributed by atoms with van der Waals surface area (Å²) in [6, 6.07) is 109. The number of fused-ring (bicyclic) bond motifs is 14. The summed E-state index contributed by atoms with van der Waals surface area (Å²) in [5, 5.41) is 27.8. The molecule has 0 saturated heterocycles. The molecule has 11 nitrogen and oxygen atoms in total. The van der Waals surface area contributed by atoms with Crippen LogP contribution in [0.1, 0.15) is 11.1 Å². The van der Waals surface area contributed by atoms with Gasteiger partial charge in [-0.25, -0.2) is 24.9 Å². The fourth-order valence-corrected chi connectivity index (χ4v) is 13.7. The first-order chi connectivity index (χ1) is 48.5. The standard InChI is InChI=1S/C47H28N4O.C40H23N5O/c48-29-30-10-9-15-35(26-30)42-28-41(32-13-5-2-6-14-32)49-47(50-42)33-18-21-36(22-19-33)51-43-25-20-34(31-11-3-1-4-12-31)27-40(43)38-23-24-39-37-16-7-8-17-44(37)52-46(39)45(38)51;41-24-25-14-16-27(17-15-25)39-42-38(26-8-2-1-3-9-26)43-40(44-39)28-18-20-29(21-19-28)45-34-12-6-4-10-30(34)32-22-23-33-31-11-5-7-13-35(31)46-37(33)36(32)45/h1-28H;1-23H. The Morgan fingerprint density at radius 1 is 0.255 bits per heavy atom. The Morgan fingerprint density at radius 3 is 1.21 bits per heavy atom. The largest absolute Gasteiger partial charge is 0.454 e. The minimum Gasteiger partial charge on any atom is -0.454 e. The summed E-state index contributed by atoms with van der Waals surface area (Å²) >= 11 is 0. The first-order valence-corrected chi connectivity index (χ1v) is 32.2. The van der Waals surface area contributed by atoms with Crippen LogP contribution < -0.4 is 0 Å². The molecule has 6 heterocycles. The summed E-state index contributed by atoms with van der Waals surface area (Å²) in [7, 11) is 0. The second kappa shape index (κ2) is 23.6. The molecule has 19 aromatic rings. The third-order valence-electron chi connectivity index (χ3n) is 18.3. The molecular weight excluding hydrogens is 1200 g/mol. The van der Waals surface area contributed by atoms with Gasteiger partial charge in [0.15, 0.2) is 34.5 Å². The molecule has 0 N–H and O–H groups in total. The van der Waals surface area contributed by atoms with Crippen LogP contribution >= 0.6 is 0 Å². The Morgan fingerprint density at radius 2 is 0.663 bits per heavy atom. The fraction of sp³-hybridized carbons (Fsp3) is 0. The van der Waals surface area contributed by atoms with E-state index in [0.29, 0.717) is 34.4 Å². The third-order valence-corrected chi connectivity index (χ3v) is 18.3. The van der Waals surface area contributed by atoms with Crippen LogP contribution in [0.4, 0.5) is 0 Å². The molecule has 6 aromatic heterocycles. The number of hydrogen-bond acceptors (Lipinski definition) is 9. The van der Waals surface area contributed by atoms with E-state index in [-0.39, 0.29) is 0 Å². The molecule has 0 aliphatic rings. The lowest BCUT2D eigenvalue weighted by molar-refractivity contribution is 0.670. The number of para-hydroxylation sites is 3. The number of nitriles is 2. The molecule has 0 saturated carbocycles. The first kappa shape index (κ1) is 56.8. The van der Waals surface area contributed by atoms with Gasteiger partial charge in [-0.1, -0.05) is 176 Å². The summed E-state index contributed by atoms with van der Waals surface area (Å²) in [5.74, 6) is 2.32. The van der Waals surface area contributed by atoms with Crippen LogP contribution in [0.15, 0.2) is 318 Å². The first-order valence-electron chi connectivity index (χ1n) is 32.2. The van der Waals surface area contributed by atoms with Crippen molar-refractivity contribution >= 4 is 87.5 Å². The van der Waals surface area contributed by atoms with Crippen molar-refractivity contribution in [3.8, 4) is 103 Å². The zero-order valence-corrected chi connectivity index (χ0v) is 52.3. The summed E-state index contributed by atoms with van der Waals surface area (Å²) in [5.41, 5.74) is 20.2. The molecule has 11 heteroatoms. The molecule has 0 aliphatic carbocycles. The van der Waals surface area contributed by atoms with Crippen LogP contribution in [0.5, 0.6) is 0 Å². The Balaban J connectivity index is 0.000000143. The lowest BCUT2D eigenvalue weighted by Gasteiger charge is -2.12. The van der Waals surface area contributed by atoms with Gasteiger partial charge in [-0.3, -0.25) is 0 Å². The van der Waals surface area contributed by atoms with Crippen molar-refractivity contribution in [3.05, 3.63) is 321 Å². The SMILES string of the molecule is N#Cc1ccc(-c2nc(-c3ccccc3)nc(-c3ccc(-n4c5ccccc5c5ccc6c7ccccc7oc6c54)cc3)n2)cc1.N#Cc1cccc(-c2cc(-c3ccccc3)nc(-c3ccc(-n4c5ccc(-c6ccccc6)cc5c5ccc6c7ccccc7oc6c54)cc3)n2)c1. The molecule has 0 spiro atoms. The fourth-order valence-electron chi connectivity index (χ4n) is 13.7. The van der Waals surface area contributed by atoms with Crippen molar-refractivity contribution in [1.82, 2.24) is 34.1 Å². The molecule has 0 bridgehead atoms. The predicted octanol–water partition coefficient (Wildman–Crippen LogP) is 21.8. The second-order valence-electron chi connectivity index (χ2n) is 24.1. The van der Waals surface area contributed by atoms with E-state index in [1.807, 2.05) is 121 Å². The van der Waals surface area contributed by atoms with Crippen LogP contribution in [0.25, 0.3) is 178 Å². The van der Waals surface area contributed by atoms with Crippen molar-refractivity contribution < 1.29 is 8.83 Å². The number of rotatable bonds is 9. The molecule has 0 fully saturated rings. The van der Waals surface area contributed by atoms with Crippen molar-refractivity contribution in [2.45, 2.75) is 0 Å². The maximum atomic E-state index is 9.58. The van der Waals surface area contributed by atoms with Crippen LogP contribution in [-0.2, 0) is 0 Å². The second-order valence-corrected chi connectivity index (χ2v) is 24.1. The smallest absolute Gasteiger partial charge is 0.164 e. The zero-order valence-electron chi connectivity index (χ0n) is 52.3. The van der Waals surface area contributed by atoms with E-state index in [2.05, 4.69) is 191 Å². The van der Waals surface area contributed by atoms with Gasteiger partial charge in [-0.2, -0.15) is 10.5 Å². The highest BCUT2D eigenvalue weighted by Crippen LogP contribution is 2.44. The molecule has 98 heavy (non-hydrogen) atoms. The maximum Gasteiger partial charge on any atom is 0.164 e. The molecule has 0 unspecified atom stereocenters. The molecule has 456 valence electrons. The van der Waals surface area contributed by atoms with Gasteiger partial charge in [0.25, 0.3) is 0 Å². The van der Waals surface area contributed by atoms with E-state index in [4.69, 9.17) is 33.8 Å². The molecule has 13 aromatic carbocycles. The molecule has 0 radical (unpaired) electrons. The van der Waals surface area contributed by atoms with Crippen molar-refractivity contribution in [2.75, 3.05) is 0 Å². The molecule has 19 rings (SSSR count). The van der Waals surface area contributed by atoms with Gasteiger partial charge in [0.05, 0.1) is 56.7 Å². The third kappa shape index (κ3) is 9.86.